The highest BCUT2D eigenvalue weighted by atomic mass is 16.7. The molecule has 0 radical (unpaired) electrons. The van der Waals surface area contributed by atoms with Gasteiger partial charge in [0.25, 0.3) is 0 Å². The fourth-order valence-electron chi connectivity index (χ4n) is 2.19. The normalized spacial score (nSPS) is 11.3. The largest absolute Gasteiger partial charge is 0.445 e. The minimum atomic E-state index is -0.796. The Bertz CT molecular complexity index is 755. The number of nitrogens with two attached hydrogens (primary N) is 2. The molecular formula is C19H30N6O6. The monoisotopic (exact) mass is 438 g/mol. The molecule has 1 aromatic rings. The summed E-state index contributed by atoms with van der Waals surface area (Å²) in [6, 6.07) is 6.00. The van der Waals surface area contributed by atoms with E-state index >= 15 is 0 Å². The van der Waals surface area contributed by atoms with E-state index in [2.05, 4.69) is 26.7 Å². The maximum atomic E-state index is 11.9. The Kier molecular flexibility index (Phi) is 10.8. The molecule has 12 heteroatoms. The van der Waals surface area contributed by atoms with E-state index < -0.39 is 24.1 Å². The van der Waals surface area contributed by atoms with Crippen molar-refractivity contribution in [2.45, 2.75) is 26.5 Å². The number of benzene rings is 1. The topological polar surface area (TPSA) is 178 Å². The summed E-state index contributed by atoms with van der Waals surface area (Å²) in [6.45, 7) is 3.83. The van der Waals surface area contributed by atoms with Crippen molar-refractivity contribution in [1.82, 2.24) is 15.5 Å². The molecule has 0 spiro atoms. The first kappa shape index (κ1) is 25.7. The summed E-state index contributed by atoms with van der Waals surface area (Å²) in [7, 11) is 1.52. The first-order valence-electron chi connectivity index (χ1n) is 9.58. The fourth-order valence-corrected chi connectivity index (χ4v) is 2.19. The SMILES string of the molecule is CC(C)C(N)C(=O)NCC(=O)Nc1ccc(COC(=O)N(C)CCNC(=O)ON)cc1. The van der Waals surface area contributed by atoms with Crippen molar-refractivity contribution < 1.29 is 28.8 Å². The Morgan fingerprint density at radius 1 is 1.10 bits per heavy atom. The number of ether oxygens (including phenoxy) is 1. The van der Waals surface area contributed by atoms with Crippen LogP contribution in [0.1, 0.15) is 19.4 Å². The Labute approximate surface area is 180 Å². The molecule has 1 rings (SSSR count). The second-order valence-electron chi connectivity index (χ2n) is 7.04. The van der Waals surface area contributed by atoms with Gasteiger partial charge in [-0.3, -0.25) is 9.59 Å². The third kappa shape index (κ3) is 9.78. The summed E-state index contributed by atoms with van der Waals surface area (Å²) >= 11 is 0. The molecule has 4 amide bonds. The number of amides is 4. The number of anilines is 1. The lowest BCUT2D eigenvalue weighted by Gasteiger charge is -2.17. The maximum absolute atomic E-state index is 11.9. The number of rotatable bonds is 10. The van der Waals surface area contributed by atoms with Crippen LogP contribution in [-0.4, -0.2) is 61.6 Å². The number of carbonyl (C=O) groups excluding carboxylic acids is 4. The summed E-state index contributed by atoms with van der Waals surface area (Å²) in [5.41, 5.74) is 6.95. The lowest BCUT2D eigenvalue weighted by molar-refractivity contribution is -0.125. The second-order valence-corrected chi connectivity index (χ2v) is 7.04. The highest BCUT2D eigenvalue weighted by molar-refractivity contribution is 5.95. The van der Waals surface area contributed by atoms with Gasteiger partial charge in [0.15, 0.2) is 0 Å². The number of nitrogens with one attached hydrogen (secondary N) is 3. The summed E-state index contributed by atoms with van der Waals surface area (Å²) in [4.78, 5) is 51.7. The number of hydrogen-bond donors (Lipinski definition) is 5. The van der Waals surface area contributed by atoms with Crippen LogP contribution in [0.5, 0.6) is 0 Å². The number of likely N-dealkylation sites (N-methyl/N-ethyl adjacent to an activating group) is 1. The molecule has 12 nitrogen and oxygen atoms in total. The van der Waals surface area contributed by atoms with E-state index in [0.29, 0.717) is 11.3 Å². The van der Waals surface area contributed by atoms with E-state index in [1.165, 1.54) is 11.9 Å². The summed E-state index contributed by atoms with van der Waals surface area (Å²) in [6.07, 6.45) is -1.37. The zero-order chi connectivity index (χ0) is 23.4. The van der Waals surface area contributed by atoms with E-state index in [0.717, 1.165) is 0 Å². The van der Waals surface area contributed by atoms with Gasteiger partial charge in [-0.25, -0.2) is 9.59 Å². The zero-order valence-electron chi connectivity index (χ0n) is 17.8. The molecule has 0 aliphatic rings. The van der Waals surface area contributed by atoms with Gasteiger partial charge in [0.05, 0.1) is 12.6 Å². The standard InChI is InChI=1S/C19H30N6O6/c1-12(2)16(20)17(27)23-10-15(26)24-14-6-4-13(5-7-14)11-30-19(29)25(3)9-8-22-18(28)31-21/h4-7,12,16H,8-11,20-21H2,1-3H3,(H,22,28)(H,23,27)(H,24,26). The second kappa shape index (κ2) is 13.0. The number of carbonyl (C=O) groups is 4. The average Bonchev–Trinajstić information content (AvgIpc) is 2.75. The molecule has 0 saturated heterocycles. The van der Waals surface area contributed by atoms with E-state index in [4.69, 9.17) is 10.5 Å². The number of nitrogens with zero attached hydrogens (tertiary/aromatic N) is 1. The molecule has 0 bridgehead atoms. The van der Waals surface area contributed by atoms with Gasteiger partial charge in [0.1, 0.15) is 6.61 Å². The van der Waals surface area contributed by atoms with Gasteiger partial charge in [-0.15, -0.1) is 0 Å². The molecule has 1 unspecified atom stereocenters. The zero-order valence-corrected chi connectivity index (χ0v) is 17.8. The van der Waals surface area contributed by atoms with Crippen LogP contribution < -0.4 is 27.6 Å². The van der Waals surface area contributed by atoms with Crippen LogP contribution in [0.25, 0.3) is 0 Å². The molecule has 0 fully saturated rings. The minimum Gasteiger partial charge on any atom is -0.445 e. The predicted octanol–water partition coefficient (Wildman–Crippen LogP) is -0.107. The van der Waals surface area contributed by atoms with Crippen LogP contribution >= 0.6 is 0 Å². The lowest BCUT2D eigenvalue weighted by Crippen LogP contribution is -2.46. The van der Waals surface area contributed by atoms with Gasteiger partial charge >= 0.3 is 12.2 Å². The third-order valence-electron chi connectivity index (χ3n) is 4.18. The third-order valence-corrected chi connectivity index (χ3v) is 4.18. The summed E-state index contributed by atoms with van der Waals surface area (Å²) in [5, 5.41) is 7.48. The Balaban J connectivity index is 2.37. The van der Waals surface area contributed by atoms with Crippen LogP contribution in [0.15, 0.2) is 24.3 Å². The van der Waals surface area contributed by atoms with Gasteiger partial charge < -0.3 is 36.2 Å². The van der Waals surface area contributed by atoms with Gasteiger partial charge in [0, 0.05) is 25.8 Å². The van der Waals surface area contributed by atoms with Gasteiger partial charge in [0.2, 0.25) is 11.8 Å². The molecule has 1 aromatic carbocycles. The van der Waals surface area contributed by atoms with Crippen molar-refractivity contribution in [3.8, 4) is 0 Å². The lowest BCUT2D eigenvalue weighted by atomic mass is 10.1. The maximum Gasteiger partial charge on any atom is 0.425 e. The van der Waals surface area contributed by atoms with Crippen molar-refractivity contribution in [3.63, 3.8) is 0 Å². The Hall–Kier alpha value is -3.38. The van der Waals surface area contributed by atoms with Crippen LogP contribution in [0, 0.1) is 5.92 Å². The van der Waals surface area contributed by atoms with Crippen molar-refractivity contribution in [1.29, 1.82) is 0 Å². The smallest absolute Gasteiger partial charge is 0.425 e. The molecule has 0 aromatic heterocycles. The summed E-state index contributed by atoms with van der Waals surface area (Å²) in [5.74, 6) is 3.87. The van der Waals surface area contributed by atoms with Gasteiger partial charge in [-0.1, -0.05) is 26.0 Å². The van der Waals surface area contributed by atoms with E-state index in [9.17, 15) is 19.2 Å². The van der Waals surface area contributed by atoms with Crippen molar-refractivity contribution in [2.24, 2.45) is 17.5 Å². The molecule has 0 saturated carbocycles. The predicted molar refractivity (Wildman–Crippen MR) is 112 cm³/mol. The van der Waals surface area contributed by atoms with Crippen LogP contribution in [0.2, 0.25) is 0 Å². The van der Waals surface area contributed by atoms with E-state index in [1.54, 1.807) is 24.3 Å². The van der Waals surface area contributed by atoms with Crippen LogP contribution in [0.4, 0.5) is 15.3 Å². The molecule has 172 valence electrons. The number of hydrogen-bond acceptors (Lipinski definition) is 8. The Morgan fingerprint density at radius 3 is 2.32 bits per heavy atom. The van der Waals surface area contributed by atoms with E-state index in [1.807, 2.05) is 13.8 Å². The van der Waals surface area contributed by atoms with Gasteiger partial charge in [-0.2, -0.15) is 5.90 Å². The Morgan fingerprint density at radius 2 is 1.74 bits per heavy atom. The highest BCUT2D eigenvalue weighted by Gasteiger charge is 2.17. The van der Waals surface area contributed by atoms with Crippen molar-refractivity contribution in [3.05, 3.63) is 29.8 Å². The van der Waals surface area contributed by atoms with Crippen LogP contribution in [-0.2, 0) is 25.8 Å². The summed E-state index contributed by atoms with van der Waals surface area (Å²) < 4.78 is 5.17. The van der Waals surface area contributed by atoms with Gasteiger partial charge in [-0.05, 0) is 23.6 Å². The average molecular weight is 438 g/mol. The molecule has 0 aliphatic carbocycles. The molecule has 0 aliphatic heterocycles. The first-order chi connectivity index (χ1) is 14.6. The quantitative estimate of drug-likeness (QED) is 0.314. The first-order valence-corrected chi connectivity index (χ1v) is 9.58. The van der Waals surface area contributed by atoms with E-state index in [-0.39, 0.29) is 38.1 Å². The molecular weight excluding hydrogens is 408 g/mol. The van der Waals surface area contributed by atoms with Crippen LogP contribution in [0.3, 0.4) is 0 Å². The highest BCUT2D eigenvalue weighted by Crippen LogP contribution is 2.11. The fraction of sp³-hybridized carbons (Fsp3) is 0.474. The molecule has 31 heavy (non-hydrogen) atoms. The molecule has 0 heterocycles. The van der Waals surface area contributed by atoms with Crippen molar-refractivity contribution >= 4 is 29.7 Å². The van der Waals surface area contributed by atoms with Crippen molar-refractivity contribution in [2.75, 3.05) is 32.0 Å². The minimum absolute atomic E-state index is 0.0266. The molecule has 7 N–H and O–H groups in total. The molecule has 1 atom stereocenters.